The van der Waals surface area contributed by atoms with E-state index in [1.807, 2.05) is 0 Å². The first kappa shape index (κ1) is 4.70. The van der Waals surface area contributed by atoms with E-state index in [1.165, 1.54) is 3.82 Å². The van der Waals surface area contributed by atoms with E-state index >= 15 is 0 Å². The maximum absolute atomic E-state index is 3.72. The van der Waals surface area contributed by atoms with Crippen LogP contribution in [0.25, 0.3) is 0 Å². The molecule has 0 saturated carbocycles. The van der Waals surface area contributed by atoms with Crippen LogP contribution >= 0.6 is 16.1 Å². The van der Waals surface area contributed by atoms with Gasteiger partial charge >= 0.3 is 0 Å². The zero-order valence-corrected chi connectivity index (χ0v) is 5.25. The summed E-state index contributed by atoms with van der Waals surface area (Å²) in [6, 6.07) is 0. The molecule has 1 heterocycles. The summed E-state index contributed by atoms with van der Waals surface area (Å²) < 4.78 is 1.24. The molecule has 0 radical (unpaired) electrons. The Morgan fingerprint density at radius 2 is 2.43 bits per heavy atom. The van der Waals surface area contributed by atoms with E-state index in [1.54, 1.807) is 6.92 Å². The zero-order valence-electron chi connectivity index (χ0n) is 3.67. The van der Waals surface area contributed by atoms with Gasteiger partial charge in [-0.05, 0) is 12.1 Å². The van der Waals surface area contributed by atoms with Crippen molar-refractivity contribution in [3.8, 4) is 0 Å². The minimum atomic E-state index is 0.664. The highest BCUT2D eigenvalue weighted by atomic mass is 79.9. The fourth-order valence-corrected chi connectivity index (χ4v) is 0.562. The van der Waals surface area contributed by atoms with E-state index in [0.29, 0.717) is 5.82 Å². The van der Waals surface area contributed by atoms with Gasteiger partial charge in [0.05, 0.1) is 0 Å². The second kappa shape index (κ2) is 1.57. The number of hydrogen-bond donors (Lipinski definition) is 0. The average molecular weight is 163 g/mol. The molecule has 0 bridgehead atoms. The van der Waals surface area contributed by atoms with Gasteiger partial charge in [0.1, 0.15) is 16.1 Å². The van der Waals surface area contributed by atoms with Gasteiger partial charge in [-0.1, -0.05) is 3.82 Å². The highest BCUT2D eigenvalue weighted by Gasteiger charge is 1.87. The number of aryl methyl sites for hydroxylation is 1. The molecular formula is C2H3BrN4. The molecular weight excluding hydrogens is 160 g/mol. The number of nitrogens with zero attached hydrogens (tertiary/aromatic N) is 4. The predicted octanol–water partition coefficient (Wildman–Crippen LogP) is 0.140. The largest absolute Gasteiger partial charge is 0.172 e. The lowest BCUT2D eigenvalue weighted by atomic mass is 10.8. The first-order valence-corrected chi connectivity index (χ1v) is 2.43. The fourth-order valence-electron chi connectivity index (χ4n) is 0.261. The lowest BCUT2D eigenvalue weighted by Gasteiger charge is -1.69. The van der Waals surface area contributed by atoms with Gasteiger partial charge in [-0.15, -0.1) is 10.2 Å². The molecule has 1 rings (SSSR count). The molecule has 0 aliphatic rings. The van der Waals surface area contributed by atoms with Crippen LogP contribution < -0.4 is 0 Å². The smallest absolute Gasteiger partial charge is 0.125 e. The molecule has 0 aliphatic carbocycles. The Balaban J connectivity index is 3.04. The average Bonchev–Trinajstić information content (AvgIpc) is 1.87. The van der Waals surface area contributed by atoms with E-state index in [0.717, 1.165) is 0 Å². The van der Waals surface area contributed by atoms with Crippen molar-refractivity contribution >= 4 is 16.1 Å². The summed E-state index contributed by atoms with van der Waals surface area (Å²) >= 11 is 2.96. The molecule has 0 saturated heterocycles. The quantitative estimate of drug-likeness (QED) is 0.546. The number of hydrogen-bond acceptors (Lipinski definition) is 3. The Morgan fingerprint density at radius 1 is 1.71 bits per heavy atom. The van der Waals surface area contributed by atoms with Crippen LogP contribution in [-0.2, 0) is 0 Å². The predicted molar refractivity (Wildman–Crippen MR) is 26.9 cm³/mol. The minimum absolute atomic E-state index is 0.664. The lowest BCUT2D eigenvalue weighted by Crippen LogP contribution is -1.81. The molecule has 1 aromatic rings. The minimum Gasteiger partial charge on any atom is -0.125 e. The highest BCUT2D eigenvalue weighted by molar-refractivity contribution is 9.08. The van der Waals surface area contributed by atoms with E-state index in [9.17, 15) is 0 Å². The molecule has 7 heavy (non-hydrogen) atoms. The van der Waals surface area contributed by atoms with Gasteiger partial charge in [0.25, 0.3) is 0 Å². The third-order valence-corrected chi connectivity index (χ3v) is 0.791. The van der Waals surface area contributed by atoms with Crippen LogP contribution in [-0.4, -0.2) is 19.2 Å². The Labute approximate surface area is 48.9 Å². The maximum atomic E-state index is 3.72. The SMILES string of the molecule is Cc1nnn(Br)n1. The molecule has 0 unspecified atom stereocenters. The summed E-state index contributed by atoms with van der Waals surface area (Å²) in [6.45, 7) is 1.77. The third kappa shape index (κ3) is 0.957. The molecule has 0 fully saturated rings. The van der Waals surface area contributed by atoms with E-state index < -0.39 is 0 Å². The Morgan fingerprint density at radius 3 is 2.57 bits per heavy atom. The van der Waals surface area contributed by atoms with Crippen molar-refractivity contribution in [1.82, 2.24) is 19.2 Å². The molecule has 0 spiro atoms. The van der Waals surface area contributed by atoms with Gasteiger partial charge in [0.2, 0.25) is 0 Å². The summed E-state index contributed by atoms with van der Waals surface area (Å²) in [6.07, 6.45) is 0. The van der Waals surface area contributed by atoms with Crippen molar-refractivity contribution < 1.29 is 0 Å². The number of aromatic nitrogens is 4. The first-order valence-electron chi connectivity index (χ1n) is 1.72. The first-order chi connectivity index (χ1) is 3.29. The van der Waals surface area contributed by atoms with Crippen LogP contribution in [0.5, 0.6) is 0 Å². The van der Waals surface area contributed by atoms with Crippen LogP contribution in [0.2, 0.25) is 0 Å². The Bertz CT molecular complexity index is 142. The standard InChI is InChI=1S/C2H3BrN4/c1-2-4-6-7(3)5-2/h1H3. The molecule has 0 N–H and O–H groups in total. The van der Waals surface area contributed by atoms with Crippen LogP contribution in [0, 0.1) is 6.92 Å². The van der Waals surface area contributed by atoms with Gasteiger partial charge in [0.15, 0.2) is 5.82 Å². The Hall–Kier alpha value is -0.450. The molecule has 4 nitrogen and oxygen atoms in total. The van der Waals surface area contributed by atoms with Gasteiger partial charge < -0.3 is 0 Å². The van der Waals surface area contributed by atoms with Crippen LogP contribution in [0.15, 0.2) is 0 Å². The number of rotatable bonds is 0. The van der Waals surface area contributed by atoms with Crippen LogP contribution in [0.3, 0.4) is 0 Å². The van der Waals surface area contributed by atoms with Crippen molar-refractivity contribution in [2.75, 3.05) is 0 Å². The molecule has 0 atom stereocenters. The molecule has 1 aromatic heterocycles. The van der Waals surface area contributed by atoms with Crippen LogP contribution in [0.4, 0.5) is 0 Å². The number of halogens is 1. The third-order valence-electron chi connectivity index (χ3n) is 0.490. The summed E-state index contributed by atoms with van der Waals surface area (Å²) in [5.41, 5.74) is 0. The van der Waals surface area contributed by atoms with Crippen molar-refractivity contribution in [3.05, 3.63) is 5.82 Å². The summed E-state index contributed by atoms with van der Waals surface area (Å²) in [7, 11) is 0. The maximum Gasteiger partial charge on any atom is 0.172 e. The second-order valence-electron chi connectivity index (χ2n) is 1.08. The van der Waals surface area contributed by atoms with E-state index in [2.05, 4.69) is 31.6 Å². The number of tetrazole rings is 1. The van der Waals surface area contributed by atoms with Gasteiger partial charge in [-0.2, -0.15) is 0 Å². The van der Waals surface area contributed by atoms with Crippen molar-refractivity contribution in [2.24, 2.45) is 0 Å². The molecule has 5 heteroatoms. The molecule has 0 aromatic carbocycles. The summed E-state index contributed by atoms with van der Waals surface area (Å²) in [4.78, 5) is 0. The lowest BCUT2D eigenvalue weighted by molar-refractivity contribution is 0.834. The van der Waals surface area contributed by atoms with Crippen LogP contribution in [0.1, 0.15) is 5.82 Å². The van der Waals surface area contributed by atoms with E-state index in [-0.39, 0.29) is 0 Å². The van der Waals surface area contributed by atoms with Gasteiger partial charge in [0, 0.05) is 0 Å². The second-order valence-corrected chi connectivity index (χ2v) is 1.71. The highest BCUT2D eigenvalue weighted by Crippen LogP contribution is 1.83. The van der Waals surface area contributed by atoms with Gasteiger partial charge in [-0.25, -0.2) is 0 Å². The Kier molecular flexibility index (Phi) is 1.06. The monoisotopic (exact) mass is 162 g/mol. The molecule has 0 aliphatic heterocycles. The van der Waals surface area contributed by atoms with Crippen molar-refractivity contribution in [1.29, 1.82) is 0 Å². The van der Waals surface area contributed by atoms with Gasteiger partial charge in [-0.3, -0.25) is 0 Å². The van der Waals surface area contributed by atoms with E-state index in [4.69, 9.17) is 0 Å². The topological polar surface area (TPSA) is 43.6 Å². The fraction of sp³-hybridized carbons (Fsp3) is 0.500. The molecule has 0 amide bonds. The zero-order chi connectivity index (χ0) is 5.28. The summed E-state index contributed by atoms with van der Waals surface area (Å²) in [5, 5.41) is 10.8. The normalized spacial score (nSPS) is 9.43. The summed E-state index contributed by atoms with van der Waals surface area (Å²) in [5.74, 6) is 0.664. The molecule has 38 valence electrons. The van der Waals surface area contributed by atoms with Crippen molar-refractivity contribution in [2.45, 2.75) is 6.92 Å². The van der Waals surface area contributed by atoms with Crippen molar-refractivity contribution in [3.63, 3.8) is 0 Å².